The van der Waals surface area contributed by atoms with Gasteiger partial charge >= 0.3 is 0 Å². The van der Waals surface area contributed by atoms with E-state index in [1.165, 1.54) is 29.0 Å². The summed E-state index contributed by atoms with van der Waals surface area (Å²) < 4.78 is 0. The second-order valence-electron chi connectivity index (χ2n) is 5.66. The molecule has 112 valence electrons. The molecule has 21 heavy (non-hydrogen) atoms. The molecule has 1 aliphatic rings. The lowest BCUT2D eigenvalue weighted by Gasteiger charge is -2.19. The molecular weight excluding hydrogens is 278 g/mol. The zero-order valence-electron chi connectivity index (χ0n) is 12.8. The van der Waals surface area contributed by atoms with E-state index in [-0.39, 0.29) is 0 Å². The van der Waals surface area contributed by atoms with Gasteiger partial charge in [-0.05, 0) is 32.3 Å². The number of anilines is 1. The Labute approximate surface area is 131 Å². The van der Waals surface area contributed by atoms with Crippen molar-refractivity contribution in [1.29, 1.82) is 0 Å². The third-order valence-corrected chi connectivity index (χ3v) is 5.10. The molecule has 2 aromatic rings. The van der Waals surface area contributed by atoms with Crippen LogP contribution in [0.5, 0.6) is 0 Å². The highest BCUT2D eigenvalue weighted by Gasteiger charge is 2.21. The van der Waals surface area contributed by atoms with Crippen LogP contribution in [0.25, 0.3) is 0 Å². The molecule has 0 spiro atoms. The van der Waals surface area contributed by atoms with Gasteiger partial charge in [0.1, 0.15) is 0 Å². The van der Waals surface area contributed by atoms with Crippen LogP contribution in [0, 0.1) is 6.92 Å². The minimum Gasteiger partial charge on any atom is -0.344 e. The number of hydrogen-bond donors (Lipinski definition) is 1. The smallest absolute Gasteiger partial charge is 0.186 e. The van der Waals surface area contributed by atoms with E-state index in [2.05, 4.69) is 54.4 Å². The molecule has 4 heteroatoms. The highest BCUT2D eigenvalue weighted by Crippen LogP contribution is 2.28. The number of aromatic nitrogens is 1. The van der Waals surface area contributed by atoms with Crippen LogP contribution in [0.1, 0.15) is 35.9 Å². The number of rotatable bonds is 7. The van der Waals surface area contributed by atoms with Crippen molar-refractivity contribution in [2.24, 2.45) is 0 Å². The first-order valence-electron chi connectivity index (χ1n) is 7.75. The van der Waals surface area contributed by atoms with E-state index in [0.717, 1.165) is 30.8 Å². The van der Waals surface area contributed by atoms with Crippen LogP contribution in [0.4, 0.5) is 5.13 Å². The van der Waals surface area contributed by atoms with Crippen molar-refractivity contribution in [1.82, 2.24) is 10.3 Å². The summed E-state index contributed by atoms with van der Waals surface area (Å²) in [7, 11) is 0. The Balaban J connectivity index is 1.69. The summed E-state index contributed by atoms with van der Waals surface area (Å²) in [6.07, 6.45) is 2.67. The van der Waals surface area contributed by atoms with Crippen molar-refractivity contribution in [3.63, 3.8) is 0 Å². The van der Waals surface area contributed by atoms with Gasteiger partial charge in [-0.15, -0.1) is 11.3 Å². The number of benzene rings is 1. The molecule has 3 nitrogen and oxygen atoms in total. The molecule has 0 unspecified atom stereocenters. The zero-order valence-corrected chi connectivity index (χ0v) is 13.6. The van der Waals surface area contributed by atoms with Gasteiger partial charge in [-0.2, -0.15) is 0 Å². The standard InChI is InChI=1S/C17H23N3S/c1-3-20(12-14-7-5-4-6-8-14)17-19-13(2)16(21-17)11-18-15-9-10-15/h4-8,15,18H,3,9-12H2,1-2H3. The van der Waals surface area contributed by atoms with E-state index < -0.39 is 0 Å². The molecule has 0 atom stereocenters. The zero-order chi connectivity index (χ0) is 14.7. The average molecular weight is 301 g/mol. The molecule has 1 fully saturated rings. The second-order valence-corrected chi connectivity index (χ2v) is 6.72. The molecule has 1 saturated carbocycles. The molecule has 0 radical (unpaired) electrons. The van der Waals surface area contributed by atoms with Crippen LogP contribution in [0.2, 0.25) is 0 Å². The maximum absolute atomic E-state index is 4.78. The van der Waals surface area contributed by atoms with Crippen LogP contribution in [0.3, 0.4) is 0 Å². The van der Waals surface area contributed by atoms with Gasteiger partial charge < -0.3 is 10.2 Å². The van der Waals surface area contributed by atoms with Gasteiger partial charge in [0.15, 0.2) is 5.13 Å². The lowest BCUT2D eigenvalue weighted by molar-refractivity contribution is 0.691. The van der Waals surface area contributed by atoms with E-state index in [0.29, 0.717) is 0 Å². The number of nitrogens with one attached hydrogen (secondary N) is 1. The molecule has 0 amide bonds. The predicted molar refractivity (Wildman–Crippen MR) is 89.9 cm³/mol. The molecule has 1 aromatic carbocycles. The molecule has 0 saturated heterocycles. The molecule has 0 bridgehead atoms. The van der Waals surface area contributed by atoms with Gasteiger partial charge in [0.25, 0.3) is 0 Å². The van der Waals surface area contributed by atoms with Crippen LogP contribution >= 0.6 is 11.3 Å². The minimum absolute atomic E-state index is 0.751. The maximum atomic E-state index is 4.78. The van der Waals surface area contributed by atoms with E-state index in [1.54, 1.807) is 0 Å². The Morgan fingerprint density at radius 2 is 2.05 bits per heavy atom. The molecule has 1 N–H and O–H groups in total. The fourth-order valence-corrected chi connectivity index (χ4v) is 3.43. The van der Waals surface area contributed by atoms with E-state index in [9.17, 15) is 0 Å². The van der Waals surface area contributed by atoms with Crippen LogP contribution < -0.4 is 10.2 Å². The first-order valence-corrected chi connectivity index (χ1v) is 8.56. The van der Waals surface area contributed by atoms with Crippen molar-refractivity contribution in [3.8, 4) is 0 Å². The highest BCUT2D eigenvalue weighted by atomic mass is 32.1. The molecule has 3 rings (SSSR count). The van der Waals surface area contributed by atoms with Crippen molar-refractivity contribution < 1.29 is 0 Å². The molecule has 0 aliphatic heterocycles. The Morgan fingerprint density at radius 3 is 2.71 bits per heavy atom. The minimum atomic E-state index is 0.751. The van der Waals surface area contributed by atoms with Gasteiger partial charge in [-0.25, -0.2) is 4.98 Å². The van der Waals surface area contributed by atoms with Gasteiger partial charge in [0.2, 0.25) is 0 Å². The van der Waals surface area contributed by atoms with Gasteiger partial charge in [-0.1, -0.05) is 30.3 Å². The summed E-state index contributed by atoms with van der Waals surface area (Å²) in [6.45, 7) is 7.20. The van der Waals surface area contributed by atoms with Gasteiger partial charge in [0, 0.05) is 30.6 Å². The predicted octanol–water partition coefficient (Wildman–Crippen LogP) is 3.73. The van der Waals surface area contributed by atoms with Crippen molar-refractivity contribution in [2.45, 2.75) is 45.8 Å². The average Bonchev–Trinajstić information content (AvgIpc) is 3.26. The Bertz CT molecular complexity index is 575. The summed E-state index contributed by atoms with van der Waals surface area (Å²) in [5.74, 6) is 0. The fourth-order valence-electron chi connectivity index (χ4n) is 2.35. The first kappa shape index (κ1) is 14.5. The third kappa shape index (κ3) is 3.83. The number of thiazole rings is 1. The van der Waals surface area contributed by atoms with Crippen molar-refractivity contribution in [3.05, 3.63) is 46.5 Å². The highest BCUT2D eigenvalue weighted by molar-refractivity contribution is 7.15. The quantitative estimate of drug-likeness (QED) is 0.844. The lowest BCUT2D eigenvalue weighted by atomic mass is 10.2. The Morgan fingerprint density at radius 1 is 1.29 bits per heavy atom. The normalized spacial score (nSPS) is 14.4. The monoisotopic (exact) mass is 301 g/mol. The van der Waals surface area contributed by atoms with Crippen LogP contribution in [-0.4, -0.2) is 17.6 Å². The third-order valence-electron chi connectivity index (χ3n) is 3.88. The summed E-state index contributed by atoms with van der Waals surface area (Å²) in [6, 6.07) is 11.4. The largest absolute Gasteiger partial charge is 0.344 e. The first-order chi connectivity index (χ1) is 10.3. The van der Waals surface area contributed by atoms with E-state index >= 15 is 0 Å². The molecule has 1 aliphatic carbocycles. The summed E-state index contributed by atoms with van der Waals surface area (Å²) in [5.41, 5.74) is 2.51. The number of hydrogen-bond acceptors (Lipinski definition) is 4. The summed E-state index contributed by atoms with van der Waals surface area (Å²) >= 11 is 1.83. The Kier molecular flexibility index (Phi) is 4.56. The van der Waals surface area contributed by atoms with Crippen molar-refractivity contribution in [2.75, 3.05) is 11.4 Å². The van der Waals surface area contributed by atoms with E-state index in [1.807, 2.05) is 11.3 Å². The topological polar surface area (TPSA) is 28.2 Å². The lowest BCUT2D eigenvalue weighted by Crippen LogP contribution is -2.21. The summed E-state index contributed by atoms with van der Waals surface area (Å²) in [4.78, 5) is 8.51. The van der Waals surface area contributed by atoms with E-state index in [4.69, 9.17) is 4.98 Å². The van der Waals surface area contributed by atoms with Crippen LogP contribution in [0.15, 0.2) is 30.3 Å². The molecular formula is C17H23N3S. The second kappa shape index (κ2) is 6.58. The van der Waals surface area contributed by atoms with Gasteiger partial charge in [-0.3, -0.25) is 0 Å². The Hall–Kier alpha value is -1.39. The van der Waals surface area contributed by atoms with Gasteiger partial charge in [0.05, 0.1) is 5.69 Å². The molecule has 1 heterocycles. The maximum Gasteiger partial charge on any atom is 0.186 e. The number of nitrogens with zero attached hydrogens (tertiary/aromatic N) is 2. The SMILES string of the molecule is CCN(Cc1ccccc1)c1nc(C)c(CNC2CC2)s1. The van der Waals surface area contributed by atoms with Crippen LogP contribution in [-0.2, 0) is 13.1 Å². The van der Waals surface area contributed by atoms with Crippen molar-refractivity contribution >= 4 is 16.5 Å². The number of aryl methyl sites for hydroxylation is 1. The fraction of sp³-hybridized carbons (Fsp3) is 0.471. The molecule has 1 aromatic heterocycles. The summed E-state index contributed by atoms with van der Waals surface area (Å²) in [5, 5.41) is 4.73.